The van der Waals surface area contributed by atoms with Crippen LogP contribution in [0, 0.1) is 0 Å². The van der Waals surface area contributed by atoms with Gasteiger partial charge in [0.1, 0.15) is 5.15 Å². The van der Waals surface area contributed by atoms with Crippen LogP contribution in [-0.2, 0) is 9.53 Å². The van der Waals surface area contributed by atoms with Gasteiger partial charge in [-0.15, -0.1) is 0 Å². The molecule has 0 aliphatic heterocycles. The summed E-state index contributed by atoms with van der Waals surface area (Å²) in [6.07, 6.45) is 5.41. The quantitative estimate of drug-likeness (QED) is 0.428. The van der Waals surface area contributed by atoms with E-state index in [0.717, 1.165) is 5.56 Å². The van der Waals surface area contributed by atoms with Crippen LogP contribution in [-0.4, -0.2) is 42.4 Å². The molecule has 6 heteroatoms. The van der Waals surface area contributed by atoms with E-state index < -0.39 is 0 Å². The van der Waals surface area contributed by atoms with Crippen molar-refractivity contribution in [2.24, 2.45) is 0 Å². The maximum Gasteiger partial charge on any atom is 0.244 e. The van der Waals surface area contributed by atoms with Crippen LogP contribution >= 0.6 is 11.6 Å². The van der Waals surface area contributed by atoms with Crippen LogP contribution in [0.15, 0.2) is 24.4 Å². The van der Waals surface area contributed by atoms with Gasteiger partial charge in [-0.3, -0.25) is 4.79 Å². The lowest BCUT2D eigenvalue weighted by atomic mass is 10.2. The summed E-state index contributed by atoms with van der Waals surface area (Å²) in [5.41, 5.74) is 0.811. The lowest BCUT2D eigenvalue weighted by Crippen LogP contribution is -2.23. The summed E-state index contributed by atoms with van der Waals surface area (Å²) in [6, 6.07) is 3.44. The minimum atomic E-state index is -0.169. The number of aromatic nitrogens is 1. The lowest BCUT2D eigenvalue weighted by Gasteiger charge is -2.03. The number of nitrogens with one attached hydrogen (secondary N) is 1. The van der Waals surface area contributed by atoms with E-state index in [1.165, 1.54) is 6.08 Å². The van der Waals surface area contributed by atoms with Crippen LogP contribution in [0.2, 0.25) is 5.15 Å². The highest BCUT2D eigenvalue weighted by molar-refractivity contribution is 6.29. The third-order valence-corrected chi connectivity index (χ3v) is 2.40. The van der Waals surface area contributed by atoms with Gasteiger partial charge in [0.2, 0.25) is 5.91 Å². The van der Waals surface area contributed by atoms with Gasteiger partial charge in [-0.05, 0) is 24.1 Å². The third kappa shape index (κ3) is 7.56. The highest BCUT2D eigenvalue weighted by atomic mass is 35.5. The Morgan fingerprint density at radius 1 is 1.47 bits per heavy atom. The standard InChI is InChI=1S/C13H17ClN2O3/c14-12-4-2-11(10-16-12)3-5-13(18)15-6-1-8-19-9-7-17/h2-5,10,17H,1,6-9H2,(H,15,18)/b5-3+. The molecule has 0 fully saturated rings. The molecule has 0 aliphatic rings. The highest BCUT2D eigenvalue weighted by Gasteiger charge is 1.95. The van der Waals surface area contributed by atoms with Crippen LogP contribution in [0.3, 0.4) is 0 Å². The van der Waals surface area contributed by atoms with E-state index in [0.29, 0.717) is 31.3 Å². The van der Waals surface area contributed by atoms with Gasteiger partial charge in [0, 0.05) is 25.4 Å². The largest absolute Gasteiger partial charge is 0.394 e. The number of ether oxygens (including phenoxy) is 1. The zero-order valence-corrected chi connectivity index (χ0v) is 11.3. The molecule has 0 spiro atoms. The fourth-order valence-electron chi connectivity index (χ4n) is 1.27. The molecular weight excluding hydrogens is 268 g/mol. The minimum Gasteiger partial charge on any atom is -0.394 e. The number of hydrogen-bond donors (Lipinski definition) is 2. The summed E-state index contributed by atoms with van der Waals surface area (Å²) >= 11 is 5.65. The molecule has 1 amide bonds. The minimum absolute atomic E-state index is 0.0181. The topological polar surface area (TPSA) is 71.5 Å². The summed E-state index contributed by atoms with van der Waals surface area (Å²) in [4.78, 5) is 15.4. The van der Waals surface area contributed by atoms with E-state index >= 15 is 0 Å². The fourth-order valence-corrected chi connectivity index (χ4v) is 1.38. The summed E-state index contributed by atoms with van der Waals surface area (Å²) in [5, 5.41) is 11.6. The lowest BCUT2D eigenvalue weighted by molar-refractivity contribution is -0.116. The Balaban J connectivity index is 2.18. The molecule has 0 unspecified atom stereocenters. The van der Waals surface area contributed by atoms with Gasteiger partial charge in [0.15, 0.2) is 0 Å². The van der Waals surface area contributed by atoms with Crippen LogP contribution < -0.4 is 5.32 Å². The zero-order valence-electron chi connectivity index (χ0n) is 10.5. The number of halogens is 1. The first-order valence-corrected chi connectivity index (χ1v) is 6.36. The van der Waals surface area contributed by atoms with Crippen molar-refractivity contribution in [1.29, 1.82) is 0 Å². The van der Waals surface area contributed by atoms with Crippen LogP contribution in [0.1, 0.15) is 12.0 Å². The number of amides is 1. The second kappa shape index (κ2) is 9.49. The molecule has 19 heavy (non-hydrogen) atoms. The van der Waals surface area contributed by atoms with Crippen LogP contribution in [0.25, 0.3) is 6.08 Å². The van der Waals surface area contributed by atoms with E-state index in [2.05, 4.69) is 10.3 Å². The first-order valence-electron chi connectivity index (χ1n) is 5.98. The average Bonchev–Trinajstić information content (AvgIpc) is 2.42. The van der Waals surface area contributed by atoms with Gasteiger partial charge in [0.25, 0.3) is 0 Å². The number of pyridine rings is 1. The van der Waals surface area contributed by atoms with E-state index in [-0.39, 0.29) is 12.5 Å². The molecule has 2 N–H and O–H groups in total. The molecule has 1 aromatic rings. The van der Waals surface area contributed by atoms with Gasteiger partial charge in [-0.25, -0.2) is 4.98 Å². The van der Waals surface area contributed by atoms with Crippen molar-refractivity contribution in [3.63, 3.8) is 0 Å². The van der Waals surface area contributed by atoms with Crippen LogP contribution in [0.5, 0.6) is 0 Å². The molecule has 0 bridgehead atoms. The Labute approximate surface area is 117 Å². The maximum atomic E-state index is 11.4. The SMILES string of the molecule is O=C(/C=C/c1ccc(Cl)nc1)NCCCOCCO. The molecule has 0 atom stereocenters. The third-order valence-electron chi connectivity index (χ3n) is 2.18. The molecule has 5 nitrogen and oxygen atoms in total. The van der Waals surface area contributed by atoms with Crippen molar-refractivity contribution >= 4 is 23.6 Å². The zero-order chi connectivity index (χ0) is 13.9. The van der Waals surface area contributed by atoms with Crippen molar-refractivity contribution in [3.05, 3.63) is 35.1 Å². The molecule has 0 aliphatic carbocycles. The normalized spacial score (nSPS) is 10.8. The highest BCUT2D eigenvalue weighted by Crippen LogP contribution is 2.06. The summed E-state index contributed by atoms with van der Waals surface area (Å²) in [6.45, 7) is 1.40. The Hall–Kier alpha value is -1.43. The molecule has 0 aromatic carbocycles. The van der Waals surface area contributed by atoms with Gasteiger partial charge in [0.05, 0.1) is 13.2 Å². The van der Waals surface area contributed by atoms with E-state index in [1.54, 1.807) is 24.4 Å². The first-order chi connectivity index (χ1) is 9.22. The predicted molar refractivity (Wildman–Crippen MR) is 73.8 cm³/mol. The molecule has 1 aromatic heterocycles. The Bertz CT molecular complexity index is 407. The summed E-state index contributed by atoms with van der Waals surface area (Å²) in [7, 11) is 0. The van der Waals surface area contributed by atoms with Crippen molar-refractivity contribution in [2.75, 3.05) is 26.4 Å². The fraction of sp³-hybridized carbons (Fsp3) is 0.385. The van der Waals surface area contributed by atoms with Crippen molar-refractivity contribution in [1.82, 2.24) is 10.3 Å². The van der Waals surface area contributed by atoms with Gasteiger partial charge in [-0.1, -0.05) is 17.7 Å². The van der Waals surface area contributed by atoms with E-state index in [9.17, 15) is 4.79 Å². The number of nitrogens with zero attached hydrogens (tertiary/aromatic N) is 1. The number of carbonyl (C=O) groups excluding carboxylic acids is 1. The number of aliphatic hydroxyl groups excluding tert-OH is 1. The van der Waals surface area contributed by atoms with Gasteiger partial charge in [-0.2, -0.15) is 0 Å². The predicted octanol–water partition coefficient (Wildman–Crippen LogP) is 1.26. The molecular formula is C13H17ClN2O3. The molecule has 0 saturated carbocycles. The second-order valence-corrected chi connectivity index (χ2v) is 4.12. The van der Waals surface area contributed by atoms with Gasteiger partial charge < -0.3 is 15.2 Å². The summed E-state index contributed by atoms with van der Waals surface area (Å²) < 4.78 is 5.07. The summed E-state index contributed by atoms with van der Waals surface area (Å²) in [5.74, 6) is -0.169. The van der Waals surface area contributed by atoms with Crippen molar-refractivity contribution in [2.45, 2.75) is 6.42 Å². The first kappa shape index (κ1) is 15.6. The number of hydrogen-bond acceptors (Lipinski definition) is 4. The van der Waals surface area contributed by atoms with E-state index in [1.807, 2.05) is 0 Å². The second-order valence-electron chi connectivity index (χ2n) is 3.73. The average molecular weight is 285 g/mol. The Morgan fingerprint density at radius 2 is 2.32 bits per heavy atom. The Kier molecular flexibility index (Phi) is 7.81. The molecule has 1 rings (SSSR count). The maximum absolute atomic E-state index is 11.4. The molecule has 104 valence electrons. The molecule has 1 heterocycles. The number of rotatable bonds is 8. The monoisotopic (exact) mass is 284 g/mol. The molecule has 0 saturated heterocycles. The van der Waals surface area contributed by atoms with Crippen LogP contribution in [0.4, 0.5) is 0 Å². The molecule has 0 radical (unpaired) electrons. The van der Waals surface area contributed by atoms with E-state index in [4.69, 9.17) is 21.4 Å². The van der Waals surface area contributed by atoms with Crippen molar-refractivity contribution < 1.29 is 14.6 Å². The van der Waals surface area contributed by atoms with Crippen molar-refractivity contribution in [3.8, 4) is 0 Å². The smallest absolute Gasteiger partial charge is 0.244 e. The number of carbonyl (C=O) groups is 1. The number of aliphatic hydroxyl groups is 1. The van der Waals surface area contributed by atoms with Gasteiger partial charge >= 0.3 is 0 Å². The Morgan fingerprint density at radius 3 is 3.00 bits per heavy atom.